The lowest BCUT2D eigenvalue weighted by Crippen LogP contribution is -2.53. The number of carbonyl (C=O) groups excluding carboxylic acids is 1. The molecule has 0 saturated carbocycles. The van der Waals surface area contributed by atoms with Crippen molar-refractivity contribution in [2.75, 3.05) is 11.4 Å². The molecule has 2 N–H and O–H groups in total. The van der Waals surface area contributed by atoms with Crippen LogP contribution in [0.3, 0.4) is 0 Å². The lowest BCUT2D eigenvalue weighted by atomic mass is 9.95. The molecule has 1 atom stereocenters. The van der Waals surface area contributed by atoms with Crippen molar-refractivity contribution in [3.05, 3.63) is 28.2 Å². The number of anilines is 1. The fraction of sp³-hybridized carbons (Fsp3) is 0.500. The first-order chi connectivity index (χ1) is 8.45. The molecule has 106 valence electrons. The van der Waals surface area contributed by atoms with Gasteiger partial charge in [0.15, 0.2) is 0 Å². The van der Waals surface area contributed by atoms with E-state index in [1.54, 1.807) is 0 Å². The maximum Gasteiger partial charge on any atom is 0.246 e. The zero-order valence-electron chi connectivity index (χ0n) is 11.3. The average Bonchev–Trinajstić information content (AvgIpc) is 2.70. The van der Waals surface area contributed by atoms with Crippen molar-refractivity contribution in [2.24, 2.45) is 5.73 Å². The third kappa shape index (κ3) is 3.30. The summed E-state index contributed by atoms with van der Waals surface area (Å²) < 4.78 is 0.996. The molecule has 5 heteroatoms. The number of nitrogens with two attached hydrogens (primary N) is 1. The Labute approximate surface area is 129 Å². The zero-order valence-corrected chi connectivity index (χ0v) is 13.7. The van der Waals surface area contributed by atoms with Gasteiger partial charge < -0.3 is 10.6 Å². The molecule has 0 aliphatic carbocycles. The zero-order chi connectivity index (χ0) is 13.3. The van der Waals surface area contributed by atoms with Gasteiger partial charge in [0.25, 0.3) is 0 Å². The first-order valence-corrected chi connectivity index (χ1v) is 7.14. The fourth-order valence-electron chi connectivity index (χ4n) is 2.50. The van der Waals surface area contributed by atoms with Crippen molar-refractivity contribution in [3.63, 3.8) is 0 Å². The number of nitrogens with zero attached hydrogens (tertiary/aromatic N) is 1. The van der Waals surface area contributed by atoms with Crippen LogP contribution in [0.25, 0.3) is 0 Å². The van der Waals surface area contributed by atoms with Gasteiger partial charge in [0.05, 0.1) is 5.54 Å². The van der Waals surface area contributed by atoms with E-state index in [1.165, 1.54) is 5.56 Å². The molecule has 0 saturated heterocycles. The highest BCUT2D eigenvalue weighted by Crippen LogP contribution is 2.32. The number of rotatable bonds is 3. The summed E-state index contributed by atoms with van der Waals surface area (Å²) in [6, 6.07) is 6.09. The van der Waals surface area contributed by atoms with E-state index in [0.29, 0.717) is 6.42 Å². The summed E-state index contributed by atoms with van der Waals surface area (Å²) >= 11 is 3.45. The van der Waals surface area contributed by atoms with Gasteiger partial charge in [-0.15, -0.1) is 12.4 Å². The Morgan fingerprint density at radius 2 is 2.21 bits per heavy atom. The predicted octanol–water partition coefficient (Wildman–Crippen LogP) is 3.28. The number of fused-ring (bicyclic) bond motifs is 1. The van der Waals surface area contributed by atoms with Crippen LogP contribution in [0.2, 0.25) is 0 Å². The molecule has 0 bridgehead atoms. The van der Waals surface area contributed by atoms with Crippen LogP contribution in [0.15, 0.2) is 22.7 Å². The maximum atomic E-state index is 12.5. The molecule has 1 amide bonds. The Balaban J connectivity index is 0.00000180. The Morgan fingerprint density at radius 3 is 2.84 bits per heavy atom. The van der Waals surface area contributed by atoms with Crippen LogP contribution in [0.4, 0.5) is 5.69 Å². The molecule has 1 aliphatic heterocycles. The molecule has 0 fully saturated rings. The third-order valence-electron chi connectivity index (χ3n) is 3.45. The van der Waals surface area contributed by atoms with Crippen LogP contribution >= 0.6 is 28.3 Å². The minimum atomic E-state index is -0.765. The summed E-state index contributed by atoms with van der Waals surface area (Å²) in [7, 11) is 0. The summed E-state index contributed by atoms with van der Waals surface area (Å²) in [5.41, 5.74) is 7.60. The van der Waals surface area contributed by atoms with Gasteiger partial charge in [0, 0.05) is 16.7 Å². The number of hydrogen-bond donors (Lipinski definition) is 1. The molecule has 1 aliphatic rings. The Hall–Kier alpha value is -0.580. The summed E-state index contributed by atoms with van der Waals surface area (Å²) in [6.45, 7) is 4.61. The number of amides is 1. The van der Waals surface area contributed by atoms with Gasteiger partial charge in [-0.1, -0.05) is 35.3 Å². The standard InChI is InChI=1S/C14H19BrN2O.ClH/c1-3-7-14(2,16)13(18)17-8-6-10-4-5-11(15)9-12(10)17;/h4-5,9H,3,6-8,16H2,1-2H3;1H. The van der Waals surface area contributed by atoms with Crippen molar-refractivity contribution in [1.82, 2.24) is 0 Å². The second-order valence-electron chi connectivity index (χ2n) is 5.15. The highest BCUT2D eigenvalue weighted by molar-refractivity contribution is 9.10. The first-order valence-electron chi connectivity index (χ1n) is 6.35. The monoisotopic (exact) mass is 346 g/mol. The van der Waals surface area contributed by atoms with Crippen molar-refractivity contribution >= 4 is 39.9 Å². The van der Waals surface area contributed by atoms with E-state index in [4.69, 9.17) is 5.73 Å². The van der Waals surface area contributed by atoms with E-state index in [1.807, 2.05) is 30.9 Å². The van der Waals surface area contributed by atoms with Gasteiger partial charge in [-0.3, -0.25) is 4.79 Å². The van der Waals surface area contributed by atoms with Gasteiger partial charge in [-0.2, -0.15) is 0 Å². The van der Waals surface area contributed by atoms with Crippen molar-refractivity contribution in [2.45, 2.75) is 38.6 Å². The maximum absolute atomic E-state index is 12.5. The van der Waals surface area contributed by atoms with Crippen molar-refractivity contribution in [1.29, 1.82) is 0 Å². The van der Waals surface area contributed by atoms with Crippen molar-refractivity contribution < 1.29 is 4.79 Å². The van der Waals surface area contributed by atoms with Crippen LogP contribution in [0.5, 0.6) is 0 Å². The fourth-order valence-corrected chi connectivity index (χ4v) is 2.85. The molecule has 19 heavy (non-hydrogen) atoms. The quantitative estimate of drug-likeness (QED) is 0.912. The SMILES string of the molecule is CCCC(C)(N)C(=O)N1CCc2ccc(Br)cc21.Cl. The van der Waals surface area contributed by atoms with Gasteiger partial charge in [-0.25, -0.2) is 0 Å². The van der Waals surface area contributed by atoms with Crippen LogP contribution < -0.4 is 10.6 Å². The van der Waals surface area contributed by atoms with Crippen LogP contribution in [-0.4, -0.2) is 18.0 Å². The molecule has 1 unspecified atom stereocenters. The molecule has 0 aromatic heterocycles. The molecule has 3 nitrogen and oxygen atoms in total. The van der Waals surface area contributed by atoms with Crippen LogP contribution in [-0.2, 0) is 11.2 Å². The van der Waals surface area contributed by atoms with Crippen molar-refractivity contribution in [3.8, 4) is 0 Å². The summed E-state index contributed by atoms with van der Waals surface area (Å²) in [6.07, 6.45) is 2.54. The second-order valence-corrected chi connectivity index (χ2v) is 6.06. The molecule has 0 spiro atoms. The largest absolute Gasteiger partial charge is 0.318 e. The minimum absolute atomic E-state index is 0. The van der Waals surface area contributed by atoms with E-state index >= 15 is 0 Å². The van der Waals surface area contributed by atoms with Gasteiger partial charge in [0.1, 0.15) is 0 Å². The van der Waals surface area contributed by atoms with E-state index < -0.39 is 5.54 Å². The Morgan fingerprint density at radius 1 is 1.53 bits per heavy atom. The molecule has 1 aromatic rings. The smallest absolute Gasteiger partial charge is 0.246 e. The highest BCUT2D eigenvalue weighted by atomic mass is 79.9. The minimum Gasteiger partial charge on any atom is -0.318 e. The third-order valence-corrected chi connectivity index (χ3v) is 3.94. The number of halogens is 2. The molecule has 1 heterocycles. The number of benzene rings is 1. The highest BCUT2D eigenvalue weighted by Gasteiger charge is 2.35. The molecule has 2 rings (SSSR count). The normalized spacial score (nSPS) is 16.5. The molecule has 0 radical (unpaired) electrons. The Bertz CT molecular complexity index is 477. The second kappa shape index (κ2) is 6.25. The first kappa shape index (κ1) is 16.5. The average molecular weight is 348 g/mol. The van der Waals surface area contributed by atoms with Gasteiger partial charge in [-0.05, 0) is 37.5 Å². The summed E-state index contributed by atoms with van der Waals surface area (Å²) in [5.74, 6) is 0.0289. The summed E-state index contributed by atoms with van der Waals surface area (Å²) in [4.78, 5) is 14.3. The van der Waals surface area contributed by atoms with Crippen LogP contribution in [0, 0.1) is 0 Å². The topological polar surface area (TPSA) is 46.3 Å². The lowest BCUT2D eigenvalue weighted by molar-refractivity contribution is -0.123. The molecular formula is C14H20BrClN2O. The number of hydrogen-bond acceptors (Lipinski definition) is 2. The summed E-state index contributed by atoms with van der Waals surface area (Å²) in [5, 5.41) is 0. The predicted molar refractivity (Wildman–Crippen MR) is 84.9 cm³/mol. The van der Waals surface area contributed by atoms with E-state index in [0.717, 1.165) is 29.5 Å². The van der Waals surface area contributed by atoms with E-state index in [2.05, 4.69) is 22.0 Å². The van der Waals surface area contributed by atoms with E-state index in [-0.39, 0.29) is 18.3 Å². The van der Waals surface area contributed by atoms with Crippen LogP contribution in [0.1, 0.15) is 32.3 Å². The molecular weight excluding hydrogens is 328 g/mol. The number of carbonyl (C=O) groups is 1. The Kier molecular flexibility index (Phi) is 5.42. The lowest BCUT2D eigenvalue weighted by Gasteiger charge is -2.29. The van der Waals surface area contributed by atoms with Gasteiger partial charge in [0.2, 0.25) is 5.91 Å². The molecule has 1 aromatic carbocycles. The van der Waals surface area contributed by atoms with E-state index in [9.17, 15) is 4.79 Å². The van der Waals surface area contributed by atoms with Gasteiger partial charge >= 0.3 is 0 Å².